The molecule has 0 saturated heterocycles. The molecule has 0 aliphatic rings. The van der Waals surface area contributed by atoms with Crippen LogP contribution in [-0.4, -0.2) is 11.8 Å². The predicted molar refractivity (Wildman–Crippen MR) is 84.3 cm³/mol. The van der Waals surface area contributed by atoms with Gasteiger partial charge in [0.05, 0.1) is 6.54 Å². The first-order valence-corrected chi connectivity index (χ1v) is 7.12. The molecule has 3 heteroatoms. The number of nitrogens with zero attached hydrogens (tertiary/aromatic N) is 1. The molecule has 0 aliphatic heterocycles. The molecular weight excluding hydrogens is 270 g/mol. The molecule has 0 fully saturated rings. The molecule has 2 aromatic rings. The minimum atomic E-state index is -0.0853. The van der Waals surface area contributed by atoms with Crippen molar-refractivity contribution in [2.75, 3.05) is 10.8 Å². The van der Waals surface area contributed by atoms with E-state index in [2.05, 4.69) is 12.1 Å². The lowest BCUT2D eigenvalue weighted by Crippen LogP contribution is -2.31. The highest BCUT2D eigenvalue weighted by Crippen LogP contribution is 2.19. The highest BCUT2D eigenvalue weighted by atomic mass is 35.5. The Kier molecular flexibility index (Phi) is 4.80. The molecule has 0 heterocycles. The van der Waals surface area contributed by atoms with Crippen molar-refractivity contribution in [1.82, 2.24) is 0 Å². The van der Waals surface area contributed by atoms with Crippen molar-refractivity contribution < 1.29 is 4.79 Å². The molecule has 1 amide bonds. The van der Waals surface area contributed by atoms with Gasteiger partial charge in [0, 0.05) is 5.69 Å². The average Bonchev–Trinajstić information content (AvgIpc) is 2.46. The lowest BCUT2D eigenvalue weighted by molar-refractivity contribution is -0.116. The Hall–Kier alpha value is -1.80. The number of amides is 1. The highest BCUT2D eigenvalue weighted by molar-refractivity contribution is 6.29. The van der Waals surface area contributed by atoms with Crippen molar-refractivity contribution in [2.45, 2.75) is 20.4 Å². The van der Waals surface area contributed by atoms with Gasteiger partial charge >= 0.3 is 0 Å². The molecule has 0 atom stereocenters. The van der Waals surface area contributed by atoms with Crippen LogP contribution in [0.5, 0.6) is 0 Å². The summed E-state index contributed by atoms with van der Waals surface area (Å²) in [7, 11) is 0. The van der Waals surface area contributed by atoms with Crippen LogP contribution in [0.4, 0.5) is 5.69 Å². The summed E-state index contributed by atoms with van der Waals surface area (Å²) in [6.45, 7) is 4.60. The second-order valence-corrected chi connectivity index (χ2v) is 5.21. The topological polar surface area (TPSA) is 20.3 Å². The van der Waals surface area contributed by atoms with Gasteiger partial charge in [0.25, 0.3) is 0 Å². The van der Waals surface area contributed by atoms with Crippen molar-refractivity contribution in [3.63, 3.8) is 0 Å². The first-order chi connectivity index (χ1) is 9.60. The summed E-state index contributed by atoms with van der Waals surface area (Å²) in [5.41, 5.74) is 4.31. The van der Waals surface area contributed by atoms with Gasteiger partial charge in [-0.25, -0.2) is 0 Å². The molecule has 0 saturated carbocycles. The van der Waals surface area contributed by atoms with Crippen LogP contribution >= 0.6 is 11.6 Å². The van der Waals surface area contributed by atoms with Gasteiger partial charge in [-0.3, -0.25) is 4.79 Å². The Balaban J connectivity index is 2.28. The minimum Gasteiger partial charge on any atom is -0.307 e. The maximum atomic E-state index is 12.1. The van der Waals surface area contributed by atoms with Crippen molar-refractivity contribution >= 4 is 23.2 Å². The highest BCUT2D eigenvalue weighted by Gasteiger charge is 2.15. The number of hydrogen-bond acceptors (Lipinski definition) is 1. The molecule has 104 valence electrons. The Morgan fingerprint density at radius 3 is 2.35 bits per heavy atom. The van der Waals surface area contributed by atoms with E-state index in [0.717, 1.165) is 16.8 Å². The summed E-state index contributed by atoms with van der Waals surface area (Å²) >= 11 is 5.74. The van der Waals surface area contributed by atoms with Crippen molar-refractivity contribution in [3.05, 3.63) is 65.2 Å². The number of benzene rings is 2. The number of rotatable bonds is 4. The number of carbonyl (C=O) groups excluding carboxylic acids is 1. The van der Waals surface area contributed by atoms with E-state index in [-0.39, 0.29) is 11.8 Å². The van der Waals surface area contributed by atoms with Gasteiger partial charge in [-0.15, -0.1) is 11.6 Å². The molecule has 0 bridgehead atoms. The fourth-order valence-corrected chi connectivity index (χ4v) is 2.21. The second-order valence-electron chi connectivity index (χ2n) is 4.94. The zero-order valence-corrected chi connectivity index (χ0v) is 12.5. The molecule has 0 spiro atoms. The number of aryl methyl sites for hydroxylation is 2. The van der Waals surface area contributed by atoms with E-state index >= 15 is 0 Å². The van der Waals surface area contributed by atoms with Gasteiger partial charge in [-0.2, -0.15) is 0 Å². The van der Waals surface area contributed by atoms with E-state index in [1.807, 2.05) is 50.2 Å². The van der Waals surface area contributed by atoms with Crippen LogP contribution in [0.2, 0.25) is 0 Å². The molecule has 2 rings (SSSR count). The fraction of sp³-hybridized carbons (Fsp3) is 0.235. The lowest BCUT2D eigenvalue weighted by Gasteiger charge is -2.22. The molecule has 0 aromatic heterocycles. The second kappa shape index (κ2) is 6.58. The largest absolute Gasteiger partial charge is 0.307 e. The van der Waals surface area contributed by atoms with E-state index in [1.54, 1.807) is 4.90 Å². The summed E-state index contributed by atoms with van der Waals surface area (Å²) in [5, 5.41) is 0. The summed E-state index contributed by atoms with van der Waals surface area (Å²) in [6, 6.07) is 16.1. The molecule has 0 N–H and O–H groups in total. The smallest absolute Gasteiger partial charge is 0.242 e. The quantitative estimate of drug-likeness (QED) is 0.776. The van der Waals surface area contributed by atoms with Crippen LogP contribution in [0.3, 0.4) is 0 Å². The van der Waals surface area contributed by atoms with E-state index in [9.17, 15) is 4.79 Å². The molecule has 2 nitrogen and oxygen atoms in total. The van der Waals surface area contributed by atoms with E-state index in [1.165, 1.54) is 5.56 Å². The summed E-state index contributed by atoms with van der Waals surface area (Å²) in [4.78, 5) is 13.8. The maximum Gasteiger partial charge on any atom is 0.242 e. The average molecular weight is 288 g/mol. The van der Waals surface area contributed by atoms with Gasteiger partial charge in [-0.1, -0.05) is 42.0 Å². The van der Waals surface area contributed by atoms with Gasteiger partial charge in [0.2, 0.25) is 5.91 Å². The predicted octanol–water partition coefficient (Wildman–Crippen LogP) is 4.08. The number of carbonyl (C=O) groups is 1. The van der Waals surface area contributed by atoms with Crippen LogP contribution in [0.1, 0.15) is 16.7 Å². The van der Waals surface area contributed by atoms with Gasteiger partial charge in [0.15, 0.2) is 0 Å². The van der Waals surface area contributed by atoms with Crippen LogP contribution in [0.15, 0.2) is 48.5 Å². The Morgan fingerprint density at radius 2 is 1.75 bits per heavy atom. The number of alkyl halides is 1. The molecule has 0 aliphatic carbocycles. The third-order valence-electron chi connectivity index (χ3n) is 3.19. The monoisotopic (exact) mass is 287 g/mol. The third kappa shape index (κ3) is 3.61. The minimum absolute atomic E-state index is 0.0141. The molecular formula is C17H18ClNO. The molecule has 0 radical (unpaired) electrons. The van der Waals surface area contributed by atoms with E-state index < -0.39 is 0 Å². The Morgan fingerprint density at radius 1 is 1.05 bits per heavy atom. The van der Waals surface area contributed by atoms with Crippen molar-refractivity contribution in [3.8, 4) is 0 Å². The Bertz CT molecular complexity index is 592. The van der Waals surface area contributed by atoms with Crippen LogP contribution < -0.4 is 4.90 Å². The third-order valence-corrected chi connectivity index (χ3v) is 3.42. The zero-order valence-electron chi connectivity index (χ0n) is 11.8. The molecule has 2 aromatic carbocycles. The van der Waals surface area contributed by atoms with Crippen LogP contribution in [0.25, 0.3) is 0 Å². The van der Waals surface area contributed by atoms with Crippen LogP contribution in [0, 0.1) is 13.8 Å². The molecule has 0 unspecified atom stereocenters. The van der Waals surface area contributed by atoms with Crippen molar-refractivity contribution in [1.29, 1.82) is 0 Å². The first-order valence-electron chi connectivity index (χ1n) is 6.58. The Labute approximate surface area is 125 Å². The van der Waals surface area contributed by atoms with Crippen molar-refractivity contribution in [2.24, 2.45) is 0 Å². The zero-order chi connectivity index (χ0) is 14.5. The normalized spacial score (nSPS) is 10.3. The SMILES string of the molecule is Cc1ccc(CN(C(=O)CCl)c2cccc(C)c2)cc1. The number of halogens is 1. The standard InChI is InChI=1S/C17H18ClNO/c1-13-6-8-15(9-7-13)12-19(17(20)11-18)16-5-3-4-14(2)10-16/h3-10H,11-12H2,1-2H3. The first kappa shape index (κ1) is 14.6. The van der Waals surface area contributed by atoms with E-state index in [4.69, 9.17) is 11.6 Å². The van der Waals surface area contributed by atoms with Gasteiger partial charge in [-0.05, 0) is 37.1 Å². The summed E-state index contributed by atoms with van der Waals surface area (Å²) < 4.78 is 0. The van der Waals surface area contributed by atoms with Crippen LogP contribution in [-0.2, 0) is 11.3 Å². The lowest BCUT2D eigenvalue weighted by atomic mass is 10.1. The van der Waals surface area contributed by atoms with Gasteiger partial charge in [0.1, 0.15) is 5.88 Å². The number of hydrogen-bond donors (Lipinski definition) is 0. The summed E-state index contributed by atoms with van der Waals surface area (Å²) in [6.07, 6.45) is 0. The fourth-order valence-electron chi connectivity index (χ4n) is 2.07. The van der Waals surface area contributed by atoms with E-state index in [0.29, 0.717) is 6.54 Å². The van der Waals surface area contributed by atoms with Gasteiger partial charge < -0.3 is 4.90 Å². The summed E-state index contributed by atoms with van der Waals surface area (Å²) in [5.74, 6) is -0.0994. The molecule has 20 heavy (non-hydrogen) atoms. The maximum absolute atomic E-state index is 12.1. The number of anilines is 1.